The van der Waals surface area contributed by atoms with Gasteiger partial charge in [0.05, 0.1) is 17.8 Å². The van der Waals surface area contributed by atoms with Crippen LogP contribution in [0.4, 0.5) is 0 Å². The number of fused-ring (bicyclic) bond motifs is 3. The first-order chi connectivity index (χ1) is 16.9. The summed E-state index contributed by atoms with van der Waals surface area (Å²) in [6.45, 7) is 4.38. The predicted molar refractivity (Wildman–Crippen MR) is 142 cm³/mol. The molecule has 35 heavy (non-hydrogen) atoms. The van der Waals surface area contributed by atoms with E-state index in [1.54, 1.807) is 0 Å². The number of hydrogen-bond donors (Lipinski definition) is 1. The summed E-state index contributed by atoms with van der Waals surface area (Å²) in [6, 6.07) is 21.7. The fourth-order valence-corrected chi connectivity index (χ4v) is 4.73. The molecule has 1 aliphatic rings. The van der Waals surface area contributed by atoms with Crippen molar-refractivity contribution in [3.05, 3.63) is 99.0 Å². The van der Waals surface area contributed by atoms with E-state index in [-0.39, 0.29) is 12.3 Å². The summed E-state index contributed by atoms with van der Waals surface area (Å²) < 4.78 is 3.04. The van der Waals surface area contributed by atoms with Gasteiger partial charge in [0.2, 0.25) is 5.91 Å². The molecule has 0 bridgehead atoms. The third-order valence-corrected chi connectivity index (χ3v) is 6.75. The fourth-order valence-electron chi connectivity index (χ4n) is 4.34. The number of amides is 1. The van der Waals surface area contributed by atoms with Gasteiger partial charge in [-0.3, -0.25) is 14.4 Å². The number of nitrogens with one attached hydrogen (secondary N) is 1. The van der Waals surface area contributed by atoms with Gasteiger partial charge in [0.1, 0.15) is 11.9 Å². The number of aliphatic imine (C=N–C) groups is 1. The maximum atomic E-state index is 12.6. The topological polar surface area (TPSA) is 72.2 Å². The van der Waals surface area contributed by atoms with E-state index in [2.05, 4.69) is 61.8 Å². The first kappa shape index (κ1) is 23.5. The van der Waals surface area contributed by atoms with Crippen molar-refractivity contribution in [1.82, 2.24) is 20.1 Å². The lowest BCUT2D eigenvalue weighted by atomic mass is 9.95. The zero-order valence-electron chi connectivity index (χ0n) is 19.3. The van der Waals surface area contributed by atoms with Crippen molar-refractivity contribution in [2.45, 2.75) is 26.3 Å². The van der Waals surface area contributed by atoms with Crippen LogP contribution in [0, 0.1) is 6.92 Å². The molecule has 1 aromatic heterocycles. The highest BCUT2D eigenvalue weighted by atomic mass is 79.9. The number of aromatic nitrogens is 3. The molecule has 1 atom stereocenters. The third kappa shape index (κ3) is 4.66. The first-order valence-electron chi connectivity index (χ1n) is 11.4. The molecule has 6 nitrogen and oxygen atoms in total. The van der Waals surface area contributed by atoms with Gasteiger partial charge in [0.25, 0.3) is 0 Å². The van der Waals surface area contributed by atoms with E-state index in [0.29, 0.717) is 17.4 Å². The van der Waals surface area contributed by atoms with Crippen LogP contribution in [0.2, 0.25) is 5.02 Å². The summed E-state index contributed by atoms with van der Waals surface area (Å²) in [4.78, 5) is 17.7. The minimum atomic E-state index is -0.489. The second kappa shape index (κ2) is 9.76. The molecule has 0 aliphatic carbocycles. The molecule has 176 valence electrons. The Balaban J connectivity index is 1.74. The summed E-state index contributed by atoms with van der Waals surface area (Å²) >= 11 is 9.70. The molecule has 0 spiro atoms. The maximum absolute atomic E-state index is 12.6. The molecule has 4 aromatic rings. The summed E-state index contributed by atoms with van der Waals surface area (Å²) in [5.74, 6) is 1.31. The van der Waals surface area contributed by atoms with Gasteiger partial charge in [-0.1, -0.05) is 57.9 Å². The SMILES string of the molecule is CCNC(=O)C[C@@H]1N=C(c2ccc(Cl)cc2)c2cc(-c3ccc(Br)cc3)ccc2-n2c(C)nnc21. The van der Waals surface area contributed by atoms with E-state index in [9.17, 15) is 4.79 Å². The van der Waals surface area contributed by atoms with Crippen LogP contribution in [0.15, 0.2) is 76.2 Å². The van der Waals surface area contributed by atoms with Gasteiger partial charge >= 0.3 is 0 Å². The van der Waals surface area contributed by atoms with Crippen molar-refractivity contribution in [2.75, 3.05) is 6.54 Å². The van der Waals surface area contributed by atoms with E-state index in [1.807, 2.05) is 54.8 Å². The highest BCUT2D eigenvalue weighted by Gasteiger charge is 2.29. The Hall–Kier alpha value is -3.29. The molecule has 0 fully saturated rings. The average molecular weight is 549 g/mol. The standard InChI is InChI=1S/C27H23BrClN5O/c1-3-30-25(35)15-23-27-33-32-16(2)34(27)24-13-8-19(17-4-9-20(28)10-5-17)14-22(24)26(31-23)18-6-11-21(29)12-7-18/h4-14,23H,3,15H2,1-2H3,(H,30,35)/t23-/m0/s1. The Kier molecular flexibility index (Phi) is 6.54. The Labute approximate surface area is 217 Å². The average Bonchev–Trinajstić information content (AvgIpc) is 3.17. The highest BCUT2D eigenvalue weighted by Crippen LogP contribution is 2.35. The number of rotatable bonds is 5. The van der Waals surface area contributed by atoms with Crippen LogP contribution >= 0.6 is 27.5 Å². The molecule has 0 saturated heterocycles. The molecule has 0 unspecified atom stereocenters. The molecule has 2 heterocycles. The minimum Gasteiger partial charge on any atom is -0.356 e. The van der Waals surface area contributed by atoms with Crippen LogP contribution in [-0.2, 0) is 4.79 Å². The molecule has 5 rings (SSSR count). The lowest BCUT2D eigenvalue weighted by molar-refractivity contribution is -0.121. The molecule has 1 aliphatic heterocycles. The molecule has 8 heteroatoms. The second-order valence-electron chi connectivity index (χ2n) is 8.34. The second-order valence-corrected chi connectivity index (χ2v) is 9.69. The lowest BCUT2D eigenvalue weighted by Gasteiger charge is -2.15. The predicted octanol–water partition coefficient (Wildman–Crippen LogP) is 6.08. The van der Waals surface area contributed by atoms with Crippen molar-refractivity contribution >= 4 is 39.1 Å². The Morgan fingerprint density at radius 3 is 2.40 bits per heavy atom. The summed E-state index contributed by atoms with van der Waals surface area (Å²) in [5, 5.41) is 12.3. The van der Waals surface area contributed by atoms with E-state index in [1.165, 1.54) is 0 Å². The summed E-state index contributed by atoms with van der Waals surface area (Å²) in [7, 11) is 0. The lowest BCUT2D eigenvalue weighted by Crippen LogP contribution is -2.25. The van der Waals surface area contributed by atoms with Crippen LogP contribution in [0.1, 0.15) is 42.2 Å². The van der Waals surface area contributed by atoms with Crippen LogP contribution in [0.3, 0.4) is 0 Å². The monoisotopic (exact) mass is 547 g/mol. The zero-order valence-corrected chi connectivity index (χ0v) is 21.6. The van der Waals surface area contributed by atoms with Crippen molar-refractivity contribution < 1.29 is 4.79 Å². The van der Waals surface area contributed by atoms with Gasteiger partial charge in [-0.25, -0.2) is 0 Å². The number of hydrogen-bond acceptors (Lipinski definition) is 4. The quantitative estimate of drug-likeness (QED) is 0.329. The van der Waals surface area contributed by atoms with Gasteiger partial charge < -0.3 is 5.32 Å². The van der Waals surface area contributed by atoms with Gasteiger partial charge in [0.15, 0.2) is 5.82 Å². The van der Waals surface area contributed by atoms with Gasteiger partial charge in [0, 0.05) is 27.2 Å². The molecule has 3 aromatic carbocycles. The third-order valence-electron chi connectivity index (χ3n) is 5.97. The van der Waals surface area contributed by atoms with Gasteiger partial charge in [-0.15, -0.1) is 10.2 Å². The number of benzene rings is 3. The number of carbonyl (C=O) groups is 1. The number of aryl methyl sites for hydroxylation is 1. The Bertz CT molecular complexity index is 1430. The molecule has 1 N–H and O–H groups in total. The first-order valence-corrected chi connectivity index (χ1v) is 12.5. The smallest absolute Gasteiger partial charge is 0.222 e. The fraction of sp³-hybridized carbons (Fsp3) is 0.185. The summed E-state index contributed by atoms with van der Waals surface area (Å²) in [5.41, 5.74) is 5.73. The van der Waals surface area contributed by atoms with E-state index >= 15 is 0 Å². The van der Waals surface area contributed by atoms with Crippen molar-refractivity contribution in [3.8, 4) is 16.8 Å². The minimum absolute atomic E-state index is 0.0783. The van der Waals surface area contributed by atoms with Gasteiger partial charge in [-0.2, -0.15) is 0 Å². The Morgan fingerprint density at radius 1 is 1.00 bits per heavy atom. The number of nitrogens with zero attached hydrogens (tertiary/aromatic N) is 4. The molecular weight excluding hydrogens is 526 g/mol. The van der Waals surface area contributed by atoms with Crippen molar-refractivity contribution in [2.24, 2.45) is 4.99 Å². The van der Waals surface area contributed by atoms with E-state index in [0.717, 1.165) is 44.0 Å². The van der Waals surface area contributed by atoms with Crippen LogP contribution in [0.5, 0.6) is 0 Å². The van der Waals surface area contributed by atoms with Crippen molar-refractivity contribution in [1.29, 1.82) is 0 Å². The number of carbonyl (C=O) groups excluding carboxylic acids is 1. The largest absolute Gasteiger partial charge is 0.356 e. The van der Waals surface area contributed by atoms with Crippen LogP contribution in [0.25, 0.3) is 16.8 Å². The number of halogens is 2. The molecular formula is C27H23BrClN5O. The maximum Gasteiger partial charge on any atom is 0.222 e. The van der Waals surface area contributed by atoms with Crippen LogP contribution < -0.4 is 5.32 Å². The van der Waals surface area contributed by atoms with E-state index < -0.39 is 6.04 Å². The Morgan fingerprint density at radius 2 is 1.69 bits per heavy atom. The highest BCUT2D eigenvalue weighted by molar-refractivity contribution is 9.10. The van der Waals surface area contributed by atoms with Gasteiger partial charge in [-0.05, 0) is 61.4 Å². The molecule has 1 amide bonds. The molecule has 0 radical (unpaired) electrons. The van der Waals surface area contributed by atoms with Crippen molar-refractivity contribution in [3.63, 3.8) is 0 Å². The van der Waals surface area contributed by atoms with E-state index in [4.69, 9.17) is 16.6 Å². The molecule has 0 saturated carbocycles. The normalized spacial score (nSPS) is 14.5. The van der Waals surface area contributed by atoms with Crippen LogP contribution in [-0.4, -0.2) is 32.9 Å². The summed E-state index contributed by atoms with van der Waals surface area (Å²) in [6.07, 6.45) is 0.177. The zero-order chi connectivity index (χ0) is 24.5.